The molecular weight excluding hydrogens is 304 g/mol. The van der Waals surface area contributed by atoms with Gasteiger partial charge in [-0.15, -0.1) is 0 Å². The van der Waals surface area contributed by atoms with Gasteiger partial charge in [0, 0.05) is 6.54 Å². The summed E-state index contributed by atoms with van der Waals surface area (Å²) in [4.78, 5) is 2.38. The third-order valence-corrected chi connectivity index (χ3v) is 4.45. The normalized spacial score (nSPS) is 16.1. The highest BCUT2D eigenvalue weighted by Crippen LogP contribution is 2.11. The van der Waals surface area contributed by atoms with Crippen molar-refractivity contribution in [2.24, 2.45) is 5.92 Å². The first-order chi connectivity index (χ1) is 12.0. The van der Waals surface area contributed by atoms with Crippen molar-refractivity contribution >= 4 is 0 Å². The van der Waals surface area contributed by atoms with Crippen LogP contribution < -0.4 is 0 Å². The van der Waals surface area contributed by atoms with Crippen molar-refractivity contribution in [3.63, 3.8) is 0 Å². The molecule has 2 nitrogen and oxygen atoms in total. The molecule has 25 heavy (non-hydrogen) atoms. The van der Waals surface area contributed by atoms with Gasteiger partial charge in [-0.1, -0.05) is 55.8 Å². The van der Waals surface area contributed by atoms with Crippen molar-refractivity contribution in [2.75, 3.05) is 20.1 Å². The van der Waals surface area contributed by atoms with Crippen molar-refractivity contribution in [2.45, 2.75) is 40.5 Å². The van der Waals surface area contributed by atoms with E-state index in [1.54, 1.807) is 0 Å². The smallest absolute Gasteiger partial charge is 0.0991 e. The van der Waals surface area contributed by atoms with E-state index < -0.39 is 0 Å². The average molecular weight is 337 g/mol. The molecule has 1 aliphatic rings. The quantitative estimate of drug-likeness (QED) is 0.699. The summed E-state index contributed by atoms with van der Waals surface area (Å²) in [6.45, 7) is 11.3. The van der Waals surface area contributed by atoms with E-state index in [9.17, 15) is 0 Å². The van der Waals surface area contributed by atoms with Crippen LogP contribution in [0.2, 0.25) is 0 Å². The third-order valence-electron chi connectivity index (χ3n) is 4.45. The SMILES string of the molecule is CCc1ccccc1C.C[C@H]1CCN(C)C1.Cc1ccc(C#N)cc1. The minimum atomic E-state index is 0.723. The van der Waals surface area contributed by atoms with Crippen molar-refractivity contribution in [3.05, 3.63) is 70.8 Å². The highest BCUT2D eigenvalue weighted by atomic mass is 15.1. The molecule has 0 saturated carbocycles. The first-order valence-corrected chi connectivity index (χ1v) is 9.16. The Balaban J connectivity index is 0.000000189. The number of benzene rings is 2. The van der Waals surface area contributed by atoms with Gasteiger partial charge in [0.1, 0.15) is 0 Å². The van der Waals surface area contributed by atoms with Gasteiger partial charge in [0.25, 0.3) is 0 Å². The van der Waals surface area contributed by atoms with Crippen LogP contribution in [0.3, 0.4) is 0 Å². The van der Waals surface area contributed by atoms with Gasteiger partial charge >= 0.3 is 0 Å². The molecule has 0 amide bonds. The summed E-state index contributed by atoms with van der Waals surface area (Å²) >= 11 is 0. The Hall–Kier alpha value is -2.11. The molecule has 1 atom stereocenters. The molecule has 0 spiro atoms. The van der Waals surface area contributed by atoms with Crippen molar-refractivity contribution in [3.8, 4) is 6.07 Å². The minimum Gasteiger partial charge on any atom is -0.306 e. The lowest BCUT2D eigenvalue weighted by Crippen LogP contribution is -2.12. The molecule has 2 aromatic rings. The van der Waals surface area contributed by atoms with E-state index in [1.807, 2.05) is 31.2 Å². The number of hydrogen-bond acceptors (Lipinski definition) is 2. The molecule has 0 unspecified atom stereocenters. The first kappa shape index (κ1) is 20.9. The summed E-state index contributed by atoms with van der Waals surface area (Å²) in [5.41, 5.74) is 4.77. The Labute approximate surface area is 154 Å². The van der Waals surface area contributed by atoms with E-state index in [2.05, 4.69) is 63.1 Å². The summed E-state index contributed by atoms with van der Waals surface area (Å²) in [5, 5.41) is 8.38. The van der Waals surface area contributed by atoms with Gasteiger partial charge in [-0.2, -0.15) is 5.26 Å². The average Bonchev–Trinajstić information content (AvgIpc) is 3.00. The van der Waals surface area contributed by atoms with Gasteiger partial charge in [-0.25, -0.2) is 0 Å². The second kappa shape index (κ2) is 11.4. The van der Waals surface area contributed by atoms with Crippen molar-refractivity contribution in [1.82, 2.24) is 4.90 Å². The third kappa shape index (κ3) is 8.52. The lowest BCUT2D eigenvalue weighted by molar-refractivity contribution is 0.402. The Morgan fingerprint density at radius 3 is 2.08 bits per heavy atom. The van der Waals surface area contributed by atoms with Gasteiger partial charge < -0.3 is 4.90 Å². The monoisotopic (exact) mass is 336 g/mol. The maximum Gasteiger partial charge on any atom is 0.0991 e. The van der Waals surface area contributed by atoms with E-state index >= 15 is 0 Å². The molecule has 0 radical (unpaired) electrons. The van der Waals surface area contributed by atoms with Gasteiger partial charge in [-0.05, 0) is 69.5 Å². The molecule has 0 bridgehead atoms. The summed E-state index contributed by atoms with van der Waals surface area (Å²) in [6, 6.07) is 18.0. The number of likely N-dealkylation sites (tertiary alicyclic amines) is 1. The fourth-order valence-corrected chi connectivity index (χ4v) is 2.79. The second-order valence-corrected chi connectivity index (χ2v) is 6.91. The van der Waals surface area contributed by atoms with Gasteiger partial charge in [0.05, 0.1) is 11.6 Å². The molecule has 2 aromatic carbocycles. The maximum atomic E-state index is 8.38. The zero-order valence-electron chi connectivity index (χ0n) is 16.4. The molecule has 2 heteroatoms. The molecule has 1 aliphatic heterocycles. The summed E-state index contributed by atoms with van der Waals surface area (Å²) in [5.74, 6) is 0.949. The zero-order chi connectivity index (χ0) is 18.7. The van der Waals surface area contributed by atoms with Gasteiger partial charge in [0.2, 0.25) is 0 Å². The van der Waals surface area contributed by atoms with Crippen LogP contribution >= 0.6 is 0 Å². The number of nitriles is 1. The molecule has 1 fully saturated rings. The van der Waals surface area contributed by atoms with Crippen LogP contribution in [0.4, 0.5) is 0 Å². The largest absolute Gasteiger partial charge is 0.306 e. The predicted molar refractivity (Wildman–Crippen MR) is 108 cm³/mol. The van der Waals surface area contributed by atoms with Crippen LogP contribution in [0.15, 0.2) is 48.5 Å². The van der Waals surface area contributed by atoms with Crippen molar-refractivity contribution < 1.29 is 0 Å². The predicted octanol–water partition coefficient (Wildman–Crippen LogP) is 5.38. The number of nitrogens with zero attached hydrogens (tertiary/aromatic N) is 2. The van der Waals surface area contributed by atoms with Gasteiger partial charge in [-0.3, -0.25) is 0 Å². The molecular formula is C23H32N2. The lowest BCUT2D eigenvalue weighted by Gasteiger charge is -2.03. The van der Waals surface area contributed by atoms with E-state index in [-0.39, 0.29) is 0 Å². The Kier molecular flexibility index (Phi) is 9.58. The van der Waals surface area contributed by atoms with E-state index in [4.69, 9.17) is 5.26 Å². The fourth-order valence-electron chi connectivity index (χ4n) is 2.79. The Morgan fingerprint density at radius 2 is 1.72 bits per heavy atom. The molecule has 0 aromatic heterocycles. The summed E-state index contributed by atoms with van der Waals surface area (Å²) < 4.78 is 0. The van der Waals surface area contributed by atoms with E-state index in [1.165, 1.54) is 36.2 Å². The Bertz CT molecular complexity index is 645. The van der Waals surface area contributed by atoms with Crippen LogP contribution in [0.25, 0.3) is 0 Å². The maximum absolute atomic E-state index is 8.38. The highest BCUT2D eigenvalue weighted by Gasteiger charge is 2.13. The lowest BCUT2D eigenvalue weighted by atomic mass is 10.1. The van der Waals surface area contributed by atoms with E-state index in [0.29, 0.717) is 0 Å². The molecule has 3 rings (SSSR count). The summed E-state index contributed by atoms with van der Waals surface area (Å²) in [7, 11) is 2.18. The summed E-state index contributed by atoms with van der Waals surface area (Å²) in [6.07, 6.45) is 2.54. The zero-order valence-corrected chi connectivity index (χ0v) is 16.4. The van der Waals surface area contributed by atoms with Crippen LogP contribution in [-0.4, -0.2) is 25.0 Å². The topological polar surface area (TPSA) is 27.0 Å². The van der Waals surface area contributed by atoms with E-state index in [0.717, 1.165) is 17.9 Å². The van der Waals surface area contributed by atoms with Crippen LogP contribution in [0, 0.1) is 31.1 Å². The molecule has 1 saturated heterocycles. The van der Waals surface area contributed by atoms with Crippen molar-refractivity contribution in [1.29, 1.82) is 5.26 Å². The molecule has 134 valence electrons. The second-order valence-electron chi connectivity index (χ2n) is 6.91. The number of aryl methyl sites for hydroxylation is 3. The fraction of sp³-hybridized carbons (Fsp3) is 0.435. The number of rotatable bonds is 1. The van der Waals surface area contributed by atoms with Crippen LogP contribution in [0.1, 0.15) is 42.5 Å². The minimum absolute atomic E-state index is 0.723. The van der Waals surface area contributed by atoms with Gasteiger partial charge in [0.15, 0.2) is 0 Å². The Morgan fingerprint density at radius 1 is 1.08 bits per heavy atom. The van der Waals surface area contributed by atoms with Crippen LogP contribution in [0.5, 0.6) is 0 Å². The van der Waals surface area contributed by atoms with Crippen LogP contribution in [-0.2, 0) is 6.42 Å². The first-order valence-electron chi connectivity index (χ1n) is 9.16. The highest BCUT2D eigenvalue weighted by molar-refractivity contribution is 5.30. The molecule has 1 heterocycles. The molecule has 0 aliphatic carbocycles. The molecule has 0 N–H and O–H groups in total. The standard InChI is InChI=1S/C9H12.C8H7N.C6H13N/c1-3-9-7-5-4-6-8(9)2;1-7-2-4-8(6-9)5-3-7;1-6-3-4-7(2)5-6/h4-7H,3H2,1-2H3;2-5H,1H3;6H,3-5H2,1-2H3/t;;6-/m..0/s1. The number of hydrogen-bond donors (Lipinski definition) is 0.